The second kappa shape index (κ2) is 4.39. The van der Waals surface area contributed by atoms with E-state index in [1.165, 1.54) is 6.07 Å². The lowest BCUT2D eigenvalue weighted by Gasteiger charge is -2.15. The van der Waals surface area contributed by atoms with Gasteiger partial charge in [-0.15, -0.1) is 0 Å². The molecule has 0 aromatic heterocycles. The van der Waals surface area contributed by atoms with Gasteiger partial charge >= 0.3 is 0 Å². The first-order valence-electron chi connectivity index (χ1n) is 4.39. The Hall–Kier alpha value is -1.13. The van der Waals surface area contributed by atoms with Crippen LogP contribution >= 0.6 is 0 Å². The highest BCUT2D eigenvalue weighted by atomic mass is 19.1. The molecule has 1 atom stereocenters. The lowest BCUT2D eigenvalue weighted by Crippen LogP contribution is -2.16. The Balaban J connectivity index is 3.00. The molecule has 0 fully saturated rings. The van der Waals surface area contributed by atoms with E-state index in [9.17, 15) is 4.39 Å². The Morgan fingerprint density at radius 1 is 1.50 bits per heavy atom. The molecule has 1 aromatic carbocycles. The fourth-order valence-corrected chi connectivity index (χ4v) is 1.22. The second-order valence-corrected chi connectivity index (χ2v) is 3.39. The fraction of sp³-hybridized carbons (Fsp3) is 0.400. The minimum atomic E-state index is -0.513. The van der Waals surface area contributed by atoms with Crippen molar-refractivity contribution in [3.8, 4) is 0 Å². The lowest BCUT2D eigenvalue weighted by molar-refractivity contribution is 0.268. The van der Waals surface area contributed by atoms with Crippen LogP contribution in [0, 0.1) is 5.82 Å². The standard InChI is InChI=1S/C10H15FN2O/c1-13(2)10-4-3-7(5-8(10)11)9(12)6-14/h3-5,9,14H,6,12H2,1-2H3/t9-/m0/s1. The van der Waals surface area contributed by atoms with E-state index in [0.717, 1.165) is 0 Å². The van der Waals surface area contributed by atoms with Gasteiger partial charge in [-0.3, -0.25) is 0 Å². The summed E-state index contributed by atoms with van der Waals surface area (Å²) in [4.78, 5) is 1.68. The number of hydrogen-bond donors (Lipinski definition) is 2. The van der Waals surface area contributed by atoms with E-state index >= 15 is 0 Å². The van der Waals surface area contributed by atoms with Crippen molar-refractivity contribution in [1.82, 2.24) is 0 Å². The zero-order valence-electron chi connectivity index (χ0n) is 8.37. The van der Waals surface area contributed by atoms with Crippen LogP contribution in [0.2, 0.25) is 0 Å². The van der Waals surface area contributed by atoms with Crippen molar-refractivity contribution in [3.05, 3.63) is 29.6 Å². The molecule has 1 aromatic rings. The van der Waals surface area contributed by atoms with Crippen LogP contribution in [-0.4, -0.2) is 25.8 Å². The highest BCUT2D eigenvalue weighted by Gasteiger charge is 2.09. The molecule has 0 amide bonds. The molecule has 0 spiro atoms. The molecule has 1 rings (SSSR count). The van der Waals surface area contributed by atoms with Crippen molar-refractivity contribution >= 4 is 5.69 Å². The van der Waals surface area contributed by atoms with E-state index in [2.05, 4.69) is 0 Å². The first kappa shape index (κ1) is 10.9. The van der Waals surface area contributed by atoms with Crippen molar-refractivity contribution in [2.24, 2.45) is 5.73 Å². The third kappa shape index (κ3) is 2.21. The molecule has 3 N–H and O–H groups in total. The number of benzene rings is 1. The summed E-state index contributed by atoms with van der Waals surface area (Å²) in [5, 5.41) is 8.80. The van der Waals surface area contributed by atoms with Crippen molar-refractivity contribution in [2.75, 3.05) is 25.6 Å². The van der Waals surface area contributed by atoms with E-state index in [1.807, 2.05) is 0 Å². The zero-order valence-corrected chi connectivity index (χ0v) is 8.37. The average molecular weight is 198 g/mol. The number of nitrogens with two attached hydrogens (primary N) is 1. The average Bonchev–Trinajstić information content (AvgIpc) is 2.15. The second-order valence-electron chi connectivity index (χ2n) is 3.39. The lowest BCUT2D eigenvalue weighted by atomic mass is 10.1. The van der Waals surface area contributed by atoms with Gasteiger partial charge < -0.3 is 15.7 Å². The van der Waals surface area contributed by atoms with Crippen molar-refractivity contribution in [1.29, 1.82) is 0 Å². The van der Waals surface area contributed by atoms with Crippen LogP contribution < -0.4 is 10.6 Å². The normalized spacial score (nSPS) is 12.6. The first-order valence-corrected chi connectivity index (χ1v) is 4.39. The van der Waals surface area contributed by atoms with E-state index < -0.39 is 6.04 Å². The number of anilines is 1. The van der Waals surface area contributed by atoms with Crippen LogP contribution in [0.1, 0.15) is 11.6 Å². The van der Waals surface area contributed by atoms with Crippen molar-refractivity contribution in [3.63, 3.8) is 0 Å². The molecule has 78 valence electrons. The third-order valence-electron chi connectivity index (χ3n) is 2.08. The van der Waals surface area contributed by atoms with Crippen LogP contribution in [0.5, 0.6) is 0 Å². The van der Waals surface area contributed by atoms with Gasteiger partial charge in [0.25, 0.3) is 0 Å². The van der Waals surface area contributed by atoms with Gasteiger partial charge in [-0.05, 0) is 17.7 Å². The smallest absolute Gasteiger partial charge is 0.146 e. The minimum absolute atomic E-state index is 0.180. The summed E-state index contributed by atoms with van der Waals surface area (Å²) in [6.45, 7) is -0.180. The van der Waals surface area contributed by atoms with Gasteiger partial charge in [0.05, 0.1) is 18.3 Å². The van der Waals surface area contributed by atoms with Gasteiger partial charge in [0.15, 0.2) is 0 Å². The number of aliphatic hydroxyl groups excluding tert-OH is 1. The molecule has 0 aliphatic rings. The Kier molecular flexibility index (Phi) is 3.43. The minimum Gasteiger partial charge on any atom is -0.394 e. The maximum absolute atomic E-state index is 13.4. The molecule has 3 nitrogen and oxygen atoms in total. The fourth-order valence-electron chi connectivity index (χ4n) is 1.22. The summed E-state index contributed by atoms with van der Waals surface area (Å²) in [7, 11) is 3.54. The molecular formula is C10H15FN2O. The van der Waals surface area contributed by atoms with Gasteiger partial charge in [-0.25, -0.2) is 4.39 Å². The maximum atomic E-state index is 13.4. The summed E-state index contributed by atoms with van der Waals surface area (Å²) in [6, 6.07) is 4.22. The molecule has 0 unspecified atom stereocenters. The largest absolute Gasteiger partial charge is 0.394 e. The number of rotatable bonds is 3. The Bertz CT molecular complexity index is 315. The highest BCUT2D eigenvalue weighted by Crippen LogP contribution is 2.20. The Labute approximate surface area is 83.0 Å². The summed E-state index contributed by atoms with van der Waals surface area (Å²) < 4.78 is 13.4. The van der Waals surface area contributed by atoms with E-state index in [0.29, 0.717) is 11.3 Å². The highest BCUT2D eigenvalue weighted by molar-refractivity contribution is 5.48. The molecule has 0 bridgehead atoms. The van der Waals surface area contributed by atoms with Crippen LogP contribution in [0.3, 0.4) is 0 Å². The molecule has 0 aliphatic heterocycles. The van der Waals surface area contributed by atoms with Gasteiger partial charge in [-0.1, -0.05) is 6.07 Å². The number of nitrogens with zero attached hydrogens (tertiary/aromatic N) is 1. The molecule has 14 heavy (non-hydrogen) atoms. The predicted octanol–water partition coefficient (Wildman–Crippen LogP) is 0.884. The Morgan fingerprint density at radius 2 is 2.14 bits per heavy atom. The molecule has 0 saturated carbocycles. The van der Waals surface area contributed by atoms with Gasteiger partial charge in [0.1, 0.15) is 5.82 Å². The van der Waals surface area contributed by atoms with Crippen LogP contribution in [0.15, 0.2) is 18.2 Å². The summed E-state index contributed by atoms with van der Waals surface area (Å²) in [5.41, 5.74) is 6.68. The first-order chi connectivity index (χ1) is 6.56. The maximum Gasteiger partial charge on any atom is 0.146 e. The summed E-state index contributed by atoms with van der Waals surface area (Å²) >= 11 is 0. The number of aliphatic hydroxyl groups is 1. The molecule has 0 radical (unpaired) electrons. The van der Waals surface area contributed by atoms with Gasteiger partial charge in [0, 0.05) is 14.1 Å². The van der Waals surface area contributed by atoms with E-state index in [4.69, 9.17) is 10.8 Å². The van der Waals surface area contributed by atoms with E-state index in [-0.39, 0.29) is 12.4 Å². The molecule has 4 heteroatoms. The van der Waals surface area contributed by atoms with Crippen LogP contribution in [0.4, 0.5) is 10.1 Å². The SMILES string of the molecule is CN(C)c1ccc([C@@H](N)CO)cc1F. The van der Waals surface area contributed by atoms with Crippen LogP contribution in [0.25, 0.3) is 0 Å². The van der Waals surface area contributed by atoms with Crippen molar-refractivity contribution < 1.29 is 9.50 Å². The predicted molar refractivity (Wildman–Crippen MR) is 54.7 cm³/mol. The van der Waals surface area contributed by atoms with Gasteiger partial charge in [-0.2, -0.15) is 0 Å². The molecule has 0 aliphatic carbocycles. The molecular weight excluding hydrogens is 183 g/mol. The number of hydrogen-bond acceptors (Lipinski definition) is 3. The molecule has 0 saturated heterocycles. The van der Waals surface area contributed by atoms with Crippen molar-refractivity contribution in [2.45, 2.75) is 6.04 Å². The summed E-state index contributed by atoms with van der Waals surface area (Å²) in [6.07, 6.45) is 0. The quantitative estimate of drug-likeness (QED) is 0.758. The third-order valence-corrected chi connectivity index (χ3v) is 2.08. The topological polar surface area (TPSA) is 49.5 Å². The van der Waals surface area contributed by atoms with Crippen LogP contribution in [-0.2, 0) is 0 Å². The van der Waals surface area contributed by atoms with Gasteiger partial charge in [0.2, 0.25) is 0 Å². The monoisotopic (exact) mass is 198 g/mol. The van der Waals surface area contributed by atoms with E-state index in [1.54, 1.807) is 31.1 Å². The Morgan fingerprint density at radius 3 is 2.57 bits per heavy atom. The number of halogens is 1. The zero-order chi connectivity index (χ0) is 10.7. The molecule has 0 heterocycles. The summed E-state index contributed by atoms with van der Waals surface area (Å²) in [5.74, 6) is -0.323.